The molecule has 0 radical (unpaired) electrons. The van der Waals surface area contributed by atoms with Gasteiger partial charge in [-0.25, -0.2) is 9.48 Å². The summed E-state index contributed by atoms with van der Waals surface area (Å²) in [5, 5.41) is 19.9. The first-order valence-corrected chi connectivity index (χ1v) is 8.19. The van der Waals surface area contributed by atoms with Gasteiger partial charge in [0.05, 0.1) is 17.1 Å². The van der Waals surface area contributed by atoms with Gasteiger partial charge in [-0.05, 0) is 50.8 Å². The number of nitrogens with one attached hydrogen (secondary N) is 1. The van der Waals surface area contributed by atoms with E-state index in [-0.39, 0.29) is 5.92 Å². The first-order valence-electron chi connectivity index (χ1n) is 8.19. The molecule has 8 heteroatoms. The fraction of sp³-hybridized carbons (Fsp3) is 0.471. The SMILES string of the molecule is CCn1nnc2cc(C(=O)OCC(=O)N[C@@](C)(C#N)C3CC3)ccc21. The van der Waals surface area contributed by atoms with Gasteiger partial charge in [0.25, 0.3) is 5.91 Å². The molecule has 0 spiro atoms. The smallest absolute Gasteiger partial charge is 0.338 e. The van der Waals surface area contributed by atoms with Crippen LogP contribution in [-0.4, -0.2) is 39.0 Å². The molecule has 1 fully saturated rings. The van der Waals surface area contributed by atoms with Crippen molar-refractivity contribution in [2.75, 3.05) is 6.61 Å². The molecule has 1 aliphatic rings. The number of aromatic nitrogens is 3. The number of hydrogen-bond acceptors (Lipinski definition) is 6. The molecule has 1 atom stereocenters. The first kappa shape index (κ1) is 16.9. The predicted octanol–water partition coefficient (Wildman–Crippen LogP) is 1.42. The Hall–Kier alpha value is -2.95. The number of benzene rings is 1. The number of aryl methyl sites for hydroxylation is 1. The lowest BCUT2D eigenvalue weighted by atomic mass is 9.98. The number of amides is 1. The number of nitriles is 1. The maximum absolute atomic E-state index is 12.1. The highest BCUT2D eigenvalue weighted by molar-refractivity contribution is 5.94. The molecular weight excluding hydrogens is 322 g/mol. The summed E-state index contributed by atoms with van der Waals surface area (Å²) < 4.78 is 6.77. The van der Waals surface area contributed by atoms with Crippen LogP contribution in [0.25, 0.3) is 11.0 Å². The fourth-order valence-electron chi connectivity index (χ4n) is 2.75. The molecule has 1 amide bonds. The summed E-state index contributed by atoms with van der Waals surface area (Å²) >= 11 is 0. The summed E-state index contributed by atoms with van der Waals surface area (Å²) in [5.41, 5.74) is 0.812. The van der Waals surface area contributed by atoms with E-state index in [4.69, 9.17) is 4.74 Å². The molecule has 8 nitrogen and oxygen atoms in total. The van der Waals surface area contributed by atoms with E-state index in [1.807, 2.05) is 6.92 Å². The van der Waals surface area contributed by atoms with Crippen LogP contribution in [0.2, 0.25) is 0 Å². The summed E-state index contributed by atoms with van der Waals surface area (Å²) in [4.78, 5) is 24.1. The van der Waals surface area contributed by atoms with Crippen LogP contribution in [0.3, 0.4) is 0 Å². The highest BCUT2D eigenvalue weighted by atomic mass is 16.5. The minimum Gasteiger partial charge on any atom is -0.452 e. The van der Waals surface area contributed by atoms with Crippen molar-refractivity contribution in [1.82, 2.24) is 20.3 Å². The van der Waals surface area contributed by atoms with Gasteiger partial charge >= 0.3 is 5.97 Å². The second-order valence-electron chi connectivity index (χ2n) is 6.32. The molecule has 0 unspecified atom stereocenters. The van der Waals surface area contributed by atoms with Crippen LogP contribution >= 0.6 is 0 Å². The highest BCUT2D eigenvalue weighted by Crippen LogP contribution is 2.39. The lowest BCUT2D eigenvalue weighted by Gasteiger charge is -2.22. The van der Waals surface area contributed by atoms with E-state index in [1.54, 1.807) is 29.8 Å². The average Bonchev–Trinajstić information content (AvgIpc) is 3.40. The first-order chi connectivity index (χ1) is 12.0. The number of nitrogens with zero attached hydrogens (tertiary/aromatic N) is 4. The van der Waals surface area contributed by atoms with Crippen molar-refractivity contribution in [3.63, 3.8) is 0 Å². The van der Waals surface area contributed by atoms with Gasteiger partial charge in [0.15, 0.2) is 6.61 Å². The Morgan fingerprint density at radius 3 is 2.88 bits per heavy atom. The van der Waals surface area contributed by atoms with Crippen molar-refractivity contribution in [2.24, 2.45) is 5.92 Å². The Labute approximate surface area is 144 Å². The van der Waals surface area contributed by atoms with Gasteiger partial charge in [0.1, 0.15) is 11.1 Å². The van der Waals surface area contributed by atoms with Crippen LogP contribution < -0.4 is 5.32 Å². The van der Waals surface area contributed by atoms with Gasteiger partial charge in [-0.2, -0.15) is 5.26 Å². The number of carbonyl (C=O) groups is 2. The van der Waals surface area contributed by atoms with E-state index in [2.05, 4.69) is 21.7 Å². The molecule has 0 saturated heterocycles. The van der Waals surface area contributed by atoms with E-state index in [0.717, 1.165) is 18.4 Å². The zero-order valence-electron chi connectivity index (χ0n) is 14.2. The molecule has 130 valence electrons. The van der Waals surface area contributed by atoms with Crippen LogP contribution in [0.4, 0.5) is 0 Å². The Morgan fingerprint density at radius 2 is 2.24 bits per heavy atom. The van der Waals surface area contributed by atoms with Gasteiger partial charge in [-0.15, -0.1) is 5.10 Å². The highest BCUT2D eigenvalue weighted by Gasteiger charge is 2.43. The minimum atomic E-state index is -0.902. The topological polar surface area (TPSA) is 110 Å². The molecule has 2 aromatic rings. The maximum atomic E-state index is 12.1. The van der Waals surface area contributed by atoms with Crippen molar-refractivity contribution in [2.45, 2.75) is 38.8 Å². The predicted molar refractivity (Wildman–Crippen MR) is 88.4 cm³/mol. The Morgan fingerprint density at radius 1 is 1.48 bits per heavy atom. The lowest BCUT2D eigenvalue weighted by Crippen LogP contribution is -2.48. The van der Waals surface area contributed by atoms with Crippen LogP contribution in [0.1, 0.15) is 37.0 Å². The zero-order valence-corrected chi connectivity index (χ0v) is 14.2. The number of hydrogen-bond donors (Lipinski definition) is 1. The number of ether oxygens (including phenoxy) is 1. The third kappa shape index (κ3) is 3.45. The maximum Gasteiger partial charge on any atom is 0.338 e. The quantitative estimate of drug-likeness (QED) is 0.796. The standard InChI is InChI=1S/C17H19N5O3/c1-3-22-14-7-4-11(8-13(14)20-21-22)16(24)25-9-15(23)19-17(2,10-18)12-5-6-12/h4,7-8,12H,3,5-6,9H2,1-2H3,(H,19,23)/t17-/m0/s1. The van der Waals surface area contributed by atoms with E-state index >= 15 is 0 Å². The van der Waals surface area contributed by atoms with Crippen molar-refractivity contribution >= 4 is 22.9 Å². The molecule has 0 bridgehead atoms. The summed E-state index contributed by atoms with van der Waals surface area (Å²) in [6.07, 6.45) is 1.84. The number of esters is 1. The monoisotopic (exact) mass is 341 g/mol. The fourth-order valence-corrected chi connectivity index (χ4v) is 2.75. The minimum absolute atomic E-state index is 0.167. The van der Waals surface area contributed by atoms with Crippen LogP contribution in [0, 0.1) is 17.2 Å². The van der Waals surface area contributed by atoms with E-state index in [0.29, 0.717) is 17.6 Å². The van der Waals surface area contributed by atoms with Gasteiger partial charge in [0, 0.05) is 6.54 Å². The molecule has 1 heterocycles. The van der Waals surface area contributed by atoms with E-state index in [1.165, 1.54) is 0 Å². The second kappa shape index (κ2) is 6.51. The Kier molecular flexibility index (Phi) is 4.40. The Bertz CT molecular complexity index is 865. The molecule has 1 aromatic carbocycles. The number of rotatable bonds is 6. The van der Waals surface area contributed by atoms with E-state index in [9.17, 15) is 14.9 Å². The van der Waals surface area contributed by atoms with Gasteiger partial charge < -0.3 is 10.1 Å². The normalized spacial score (nSPS) is 16.0. The summed E-state index contributed by atoms with van der Waals surface area (Å²) in [7, 11) is 0. The van der Waals surface area contributed by atoms with Crippen molar-refractivity contribution in [3.05, 3.63) is 23.8 Å². The third-order valence-corrected chi connectivity index (χ3v) is 4.41. The molecule has 1 aromatic heterocycles. The largest absolute Gasteiger partial charge is 0.452 e. The van der Waals surface area contributed by atoms with Crippen molar-refractivity contribution in [3.8, 4) is 6.07 Å². The van der Waals surface area contributed by atoms with Crippen LogP contribution in [0.15, 0.2) is 18.2 Å². The average molecular weight is 341 g/mol. The molecule has 1 N–H and O–H groups in total. The third-order valence-electron chi connectivity index (χ3n) is 4.41. The molecule has 0 aliphatic heterocycles. The second-order valence-corrected chi connectivity index (χ2v) is 6.32. The van der Waals surface area contributed by atoms with Gasteiger partial charge in [-0.1, -0.05) is 5.21 Å². The molecule has 3 rings (SSSR count). The summed E-state index contributed by atoms with van der Waals surface area (Å²) in [6, 6.07) is 7.07. The van der Waals surface area contributed by atoms with Crippen LogP contribution in [-0.2, 0) is 16.1 Å². The molecule has 1 aliphatic carbocycles. The number of carbonyl (C=O) groups excluding carboxylic acids is 2. The molecule has 25 heavy (non-hydrogen) atoms. The van der Waals surface area contributed by atoms with Crippen LogP contribution in [0.5, 0.6) is 0 Å². The zero-order chi connectivity index (χ0) is 18.0. The summed E-state index contributed by atoms with van der Waals surface area (Å²) in [6.45, 7) is 3.89. The molecule has 1 saturated carbocycles. The van der Waals surface area contributed by atoms with Crippen molar-refractivity contribution in [1.29, 1.82) is 5.26 Å². The summed E-state index contributed by atoms with van der Waals surface area (Å²) in [5.74, 6) is -0.934. The van der Waals surface area contributed by atoms with E-state index < -0.39 is 24.0 Å². The van der Waals surface area contributed by atoms with Crippen molar-refractivity contribution < 1.29 is 14.3 Å². The van der Waals surface area contributed by atoms with Gasteiger partial charge in [0.2, 0.25) is 0 Å². The Balaban J connectivity index is 1.60. The lowest BCUT2D eigenvalue weighted by molar-refractivity contribution is -0.125. The number of fused-ring (bicyclic) bond motifs is 1. The van der Waals surface area contributed by atoms with Gasteiger partial charge in [-0.3, -0.25) is 4.79 Å². The molecular formula is C17H19N5O3.